The number of thiophene rings is 1. The van der Waals surface area contributed by atoms with Crippen LogP contribution < -0.4 is 15.2 Å². The summed E-state index contributed by atoms with van der Waals surface area (Å²) in [5.74, 6) is -1.47. The lowest BCUT2D eigenvalue weighted by molar-refractivity contribution is -0.161. The number of aliphatic hydroxyl groups is 2. The Balaban J connectivity index is 1.49. The van der Waals surface area contributed by atoms with Crippen molar-refractivity contribution in [3.05, 3.63) is 75.7 Å². The molecule has 2 amide bonds. The van der Waals surface area contributed by atoms with Crippen LogP contribution in [-0.4, -0.2) is 81.0 Å². The highest BCUT2D eigenvalue weighted by atomic mass is 32.1. The van der Waals surface area contributed by atoms with Crippen molar-refractivity contribution in [3.63, 3.8) is 0 Å². The molecule has 0 aliphatic carbocycles. The standard InChI is InChI=1S/C37H44F6N4O6S/c1-4-8-28-35(53-23-19-29(54-21-23)37(41,42)43,12-7-16-47(28)30(48)24-20-45-15-11-25(24)36(38,39)40)31(49)46-17-13-34(44,14-18-46)26-9-5-6-10-27(26)52-22-33(2,3)32(50)51/h5-6,9-11,15,19-21,28,32,50-51H,4,7-8,12-14,16-18,22,44H2,1-3H3/t28-,35+/m1/s1. The predicted molar refractivity (Wildman–Crippen MR) is 187 cm³/mol. The average molecular weight is 787 g/mol. The summed E-state index contributed by atoms with van der Waals surface area (Å²) in [6.45, 7) is 5.07. The summed E-state index contributed by atoms with van der Waals surface area (Å²) in [5.41, 5.74) is 1.70. The van der Waals surface area contributed by atoms with Gasteiger partial charge in [-0.15, -0.1) is 11.3 Å². The van der Waals surface area contributed by atoms with E-state index in [1.165, 1.54) is 9.80 Å². The molecule has 2 saturated heterocycles. The smallest absolute Gasteiger partial charge is 0.425 e. The van der Waals surface area contributed by atoms with E-state index in [1.807, 2.05) is 0 Å². The van der Waals surface area contributed by atoms with E-state index in [1.54, 1.807) is 45.0 Å². The van der Waals surface area contributed by atoms with Gasteiger partial charge in [0.1, 0.15) is 16.4 Å². The van der Waals surface area contributed by atoms with Gasteiger partial charge in [-0.2, -0.15) is 26.3 Å². The van der Waals surface area contributed by atoms with Gasteiger partial charge in [0.2, 0.25) is 5.60 Å². The number of carbonyl (C=O) groups is 2. The van der Waals surface area contributed by atoms with Crippen LogP contribution in [0.2, 0.25) is 0 Å². The molecule has 0 unspecified atom stereocenters. The van der Waals surface area contributed by atoms with E-state index < -0.39 is 69.1 Å². The molecule has 2 aliphatic rings. The fourth-order valence-electron chi connectivity index (χ4n) is 7.09. The molecule has 2 aliphatic heterocycles. The number of aliphatic hydroxyl groups excluding tert-OH is 1. The van der Waals surface area contributed by atoms with Gasteiger partial charge in [-0.05, 0) is 37.8 Å². The third-order valence-corrected chi connectivity index (χ3v) is 11.2. The number of pyridine rings is 1. The van der Waals surface area contributed by atoms with E-state index >= 15 is 0 Å². The highest BCUT2D eigenvalue weighted by molar-refractivity contribution is 7.10. The number of hydrogen-bond donors (Lipinski definition) is 3. The topological polar surface area (TPSA) is 138 Å². The Morgan fingerprint density at radius 2 is 1.72 bits per heavy atom. The number of carbonyl (C=O) groups excluding carboxylic acids is 2. The Hall–Kier alpha value is -3.93. The fraction of sp³-hybridized carbons (Fsp3) is 0.541. The molecule has 10 nitrogen and oxygen atoms in total. The van der Waals surface area contributed by atoms with Crippen LogP contribution >= 0.6 is 11.3 Å². The van der Waals surface area contributed by atoms with Crippen molar-refractivity contribution in [3.8, 4) is 11.5 Å². The first-order valence-electron chi connectivity index (χ1n) is 17.6. The minimum Gasteiger partial charge on any atom is -0.492 e. The number of amides is 2. The number of halogens is 6. The number of alkyl halides is 6. The number of piperidine rings is 2. The van der Waals surface area contributed by atoms with Crippen molar-refractivity contribution < 1.29 is 55.6 Å². The van der Waals surface area contributed by atoms with Gasteiger partial charge in [-0.25, -0.2) is 0 Å². The number of likely N-dealkylation sites (tertiary alicyclic amines) is 2. The molecule has 54 heavy (non-hydrogen) atoms. The predicted octanol–water partition coefficient (Wildman–Crippen LogP) is 6.60. The number of nitrogens with two attached hydrogens (primary N) is 1. The molecule has 0 bridgehead atoms. The summed E-state index contributed by atoms with van der Waals surface area (Å²) in [4.78, 5) is 34.4. The molecule has 1 aromatic carbocycles. The zero-order valence-corrected chi connectivity index (χ0v) is 30.9. The fourth-order valence-corrected chi connectivity index (χ4v) is 7.77. The molecule has 2 fully saturated rings. The molecule has 0 spiro atoms. The van der Waals surface area contributed by atoms with E-state index in [9.17, 15) is 46.1 Å². The summed E-state index contributed by atoms with van der Waals surface area (Å²) < 4.78 is 95.6. The Morgan fingerprint density at radius 3 is 2.33 bits per heavy atom. The van der Waals surface area contributed by atoms with Crippen LogP contribution in [-0.2, 0) is 22.7 Å². The van der Waals surface area contributed by atoms with Crippen molar-refractivity contribution in [2.24, 2.45) is 11.1 Å². The lowest BCUT2D eigenvalue weighted by Crippen LogP contribution is -2.69. The third-order valence-electron chi connectivity index (χ3n) is 10.2. The summed E-state index contributed by atoms with van der Waals surface area (Å²) in [6, 6.07) is 7.32. The Labute approximate surface area is 312 Å². The maximum absolute atomic E-state index is 14.9. The molecule has 4 heterocycles. The Morgan fingerprint density at radius 1 is 1.04 bits per heavy atom. The first-order chi connectivity index (χ1) is 25.2. The van der Waals surface area contributed by atoms with Crippen molar-refractivity contribution in [1.82, 2.24) is 14.8 Å². The Bertz CT molecular complexity index is 1790. The van der Waals surface area contributed by atoms with E-state index in [-0.39, 0.29) is 64.1 Å². The van der Waals surface area contributed by atoms with Gasteiger partial charge in [-0.3, -0.25) is 14.6 Å². The second kappa shape index (κ2) is 15.7. The van der Waals surface area contributed by atoms with E-state index in [2.05, 4.69) is 4.98 Å². The molecule has 5 rings (SSSR count). The normalized spacial score (nSPS) is 20.9. The lowest BCUT2D eigenvalue weighted by Gasteiger charge is -2.51. The van der Waals surface area contributed by atoms with E-state index in [0.29, 0.717) is 35.1 Å². The monoisotopic (exact) mass is 786 g/mol. The summed E-state index contributed by atoms with van der Waals surface area (Å²) in [6.07, 6.45) is -8.53. The van der Waals surface area contributed by atoms with E-state index in [0.717, 1.165) is 23.8 Å². The number of rotatable bonds is 11. The molecule has 3 aromatic rings. The number of benzene rings is 1. The maximum atomic E-state index is 14.9. The maximum Gasteiger partial charge on any atom is 0.425 e. The molecule has 4 N–H and O–H groups in total. The van der Waals surface area contributed by atoms with Gasteiger partial charge in [0.25, 0.3) is 11.8 Å². The third kappa shape index (κ3) is 8.48. The second-order valence-corrected chi connectivity index (χ2v) is 15.5. The first kappa shape index (κ1) is 41.2. The molecular weight excluding hydrogens is 742 g/mol. The molecule has 296 valence electrons. The van der Waals surface area contributed by atoms with Gasteiger partial charge in [0, 0.05) is 66.4 Å². The van der Waals surface area contributed by atoms with Crippen molar-refractivity contribution in [2.45, 2.75) is 95.1 Å². The largest absolute Gasteiger partial charge is 0.492 e. The first-order valence-corrected chi connectivity index (χ1v) is 18.4. The zero-order chi connectivity index (χ0) is 39.7. The zero-order valence-electron chi connectivity index (χ0n) is 30.0. The highest BCUT2D eigenvalue weighted by Gasteiger charge is 2.56. The van der Waals surface area contributed by atoms with Crippen LogP contribution in [0.3, 0.4) is 0 Å². The van der Waals surface area contributed by atoms with Crippen LogP contribution in [0.5, 0.6) is 11.5 Å². The van der Waals surface area contributed by atoms with Gasteiger partial charge >= 0.3 is 12.4 Å². The number of ether oxygens (including phenoxy) is 2. The van der Waals surface area contributed by atoms with Crippen molar-refractivity contribution in [2.75, 3.05) is 26.2 Å². The van der Waals surface area contributed by atoms with Gasteiger partial charge in [0.05, 0.1) is 23.8 Å². The molecular formula is C37H44F6N4O6S. The van der Waals surface area contributed by atoms with Crippen LogP contribution in [0.25, 0.3) is 0 Å². The molecule has 0 radical (unpaired) electrons. The number of hydrogen-bond acceptors (Lipinski definition) is 9. The summed E-state index contributed by atoms with van der Waals surface area (Å²) >= 11 is 0.375. The SMILES string of the molecule is CCC[C@H]1N(C(=O)c2cnccc2C(F)(F)F)CCC[C@@]1(Oc1csc(C(F)(F)F)c1)C(=O)N1CCC(N)(c2ccccc2OCC(C)(C)C(O)O)CC1. The molecule has 17 heteroatoms. The number of aromatic nitrogens is 1. The Kier molecular flexibility index (Phi) is 12.0. The van der Waals surface area contributed by atoms with Crippen LogP contribution in [0.1, 0.15) is 85.7 Å². The highest BCUT2D eigenvalue weighted by Crippen LogP contribution is 2.44. The van der Waals surface area contributed by atoms with Crippen molar-refractivity contribution in [1.29, 1.82) is 0 Å². The quantitative estimate of drug-likeness (QED) is 0.146. The van der Waals surface area contributed by atoms with E-state index in [4.69, 9.17) is 15.2 Å². The summed E-state index contributed by atoms with van der Waals surface area (Å²) in [7, 11) is 0. The van der Waals surface area contributed by atoms with Gasteiger partial charge in [-0.1, -0.05) is 45.4 Å². The van der Waals surface area contributed by atoms with Crippen LogP contribution in [0.15, 0.2) is 54.2 Å². The van der Waals surface area contributed by atoms with Gasteiger partial charge < -0.3 is 35.2 Å². The summed E-state index contributed by atoms with van der Waals surface area (Å²) in [5, 5.41) is 20.6. The van der Waals surface area contributed by atoms with Crippen molar-refractivity contribution >= 4 is 23.2 Å². The molecule has 2 aromatic heterocycles. The lowest BCUT2D eigenvalue weighted by atomic mass is 9.77. The second-order valence-electron chi connectivity index (χ2n) is 14.6. The number of nitrogens with zero attached hydrogens (tertiary/aromatic N) is 3. The molecule has 0 saturated carbocycles. The number of para-hydroxylation sites is 1. The van der Waals surface area contributed by atoms with Crippen LogP contribution in [0, 0.1) is 5.41 Å². The minimum absolute atomic E-state index is 0.0237. The molecule has 2 atom stereocenters. The van der Waals surface area contributed by atoms with Crippen LogP contribution in [0.4, 0.5) is 26.3 Å². The van der Waals surface area contributed by atoms with Gasteiger partial charge in [0.15, 0.2) is 6.29 Å². The average Bonchev–Trinajstić information content (AvgIpc) is 3.60. The minimum atomic E-state index is -4.89.